The molecule has 0 spiro atoms. The maximum atomic E-state index is 13.4. The van der Waals surface area contributed by atoms with E-state index in [0.717, 1.165) is 16.8 Å². The third kappa shape index (κ3) is 3.36. The minimum Gasteiger partial charge on any atom is -0.488 e. The van der Waals surface area contributed by atoms with Crippen LogP contribution in [0.2, 0.25) is 5.15 Å². The van der Waals surface area contributed by atoms with Gasteiger partial charge >= 0.3 is 0 Å². The van der Waals surface area contributed by atoms with Crippen LogP contribution in [0, 0.1) is 12.7 Å². The molecule has 1 N–H and O–H groups in total. The van der Waals surface area contributed by atoms with Crippen LogP contribution in [-0.4, -0.2) is 16.8 Å². The molecule has 2 rings (SSSR count). The summed E-state index contributed by atoms with van der Waals surface area (Å²) in [4.78, 5) is 0. The first-order valence-corrected chi connectivity index (χ1v) is 7.09. The van der Waals surface area contributed by atoms with Gasteiger partial charge in [-0.1, -0.05) is 11.6 Å². The predicted molar refractivity (Wildman–Crippen MR) is 81.2 cm³/mol. The lowest BCUT2D eigenvalue weighted by atomic mass is 10.1. The molecule has 0 bridgehead atoms. The van der Waals surface area contributed by atoms with E-state index in [1.54, 1.807) is 17.8 Å². The summed E-state index contributed by atoms with van der Waals surface area (Å²) in [5, 5.41) is 7.88. The number of halogens is 2. The molecule has 0 saturated heterocycles. The SMILES string of the molecule is CNC(C)c1cc(F)ccc1OCc1c(C)nn(C)c1Cl. The van der Waals surface area contributed by atoms with Gasteiger partial charge in [0.15, 0.2) is 0 Å². The van der Waals surface area contributed by atoms with Crippen LogP contribution in [0.15, 0.2) is 18.2 Å². The van der Waals surface area contributed by atoms with Gasteiger partial charge in [0.1, 0.15) is 23.3 Å². The normalized spacial score (nSPS) is 12.5. The summed E-state index contributed by atoms with van der Waals surface area (Å²) in [6.45, 7) is 4.13. The fraction of sp³-hybridized carbons (Fsp3) is 0.400. The number of nitrogens with one attached hydrogen (secondary N) is 1. The molecule has 1 aromatic carbocycles. The average molecular weight is 312 g/mol. The lowest BCUT2D eigenvalue weighted by Gasteiger charge is -2.16. The van der Waals surface area contributed by atoms with E-state index in [1.165, 1.54) is 12.1 Å². The van der Waals surface area contributed by atoms with Crippen molar-refractivity contribution >= 4 is 11.6 Å². The molecule has 1 heterocycles. The van der Waals surface area contributed by atoms with Gasteiger partial charge in [-0.05, 0) is 39.1 Å². The molecule has 21 heavy (non-hydrogen) atoms. The second-order valence-electron chi connectivity index (χ2n) is 4.96. The highest BCUT2D eigenvalue weighted by Gasteiger charge is 2.15. The van der Waals surface area contributed by atoms with Crippen LogP contribution in [-0.2, 0) is 13.7 Å². The van der Waals surface area contributed by atoms with E-state index in [-0.39, 0.29) is 11.9 Å². The monoisotopic (exact) mass is 311 g/mol. The number of aromatic nitrogens is 2. The molecule has 1 unspecified atom stereocenters. The molecule has 114 valence electrons. The number of hydrogen-bond donors (Lipinski definition) is 1. The Bertz CT molecular complexity index is 642. The topological polar surface area (TPSA) is 39.1 Å². The largest absolute Gasteiger partial charge is 0.488 e. The van der Waals surface area contributed by atoms with Crippen LogP contribution >= 0.6 is 11.6 Å². The Kier molecular flexibility index (Phi) is 4.85. The smallest absolute Gasteiger partial charge is 0.133 e. The van der Waals surface area contributed by atoms with Crippen molar-refractivity contribution in [2.24, 2.45) is 7.05 Å². The Morgan fingerprint density at radius 2 is 2.19 bits per heavy atom. The molecule has 0 aliphatic rings. The van der Waals surface area contributed by atoms with Crippen LogP contribution in [0.3, 0.4) is 0 Å². The fourth-order valence-corrected chi connectivity index (χ4v) is 2.36. The van der Waals surface area contributed by atoms with Crippen LogP contribution < -0.4 is 10.1 Å². The van der Waals surface area contributed by atoms with Gasteiger partial charge in [-0.25, -0.2) is 4.39 Å². The summed E-state index contributed by atoms with van der Waals surface area (Å²) in [7, 11) is 3.60. The van der Waals surface area contributed by atoms with E-state index >= 15 is 0 Å². The Balaban J connectivity index is 2.24. The van der Waals surface area contributed by atoms with Crippen molar-refractivity contribution in [2.45, 2.75) is 26.5 Å². The Labute approximate surface area is 128 Å². The highest BCUT2D eigenvalue weighted by Crippen LogP contribution is 2.28. The van der Waals surface area contributed by atoms with Crippen LogP contribution in [0.1, 0.15) is 29.8 Å². The van der Waals surface area contributed by atoms with Gasteiger partial charge in [-0.2, -0.15) is 5.10 Å². The van der Waals surface area contributed by atoms with E-state index in [9.17, 15) is 4.39 Å². The minimum absolute atomic E-state index is 0.0128. The molecular weight excluding hydrogens is 293 g/mol. The first-order valence-electron chi connectivity index (χ1n) is 6.71. The number of rotatable bonds is 5. The number of hydrogen-bond acceptors (Lipinski definition) is 3. The van der Waals surface area contributed by atoms with Crippen molar-refractivity contribution in [3.8, 4) is 5.75 Å². The molecule has 0 aliphatic heterocycles. The molecule has 0 radical (unpaired) electrons. The maximum absolute atomic E-state index is 13.4. The van der Waals surface area contributed by atoms with Crippen molar-refractivity contribution in [2.75, 3.05) is 7.05 Å². The van der Waals surface area contributed by atoms with Crippen LogP contribution in [0.5, 0.6) is 5.75 Å². The van der Waals surface area contributed by atoms with E-state index < -0.39 is 0 Å². The van der Waals surface area contributed by atoms with Crippen molar-refractivity contribution in [3.05, 3.63) is 46.0 Å². The summed E-state index contributed by atoms with van der Waals surface area (Å²) in [5.41, 5.74) is 2.44. The summed E-state index contributed by atoms with van der Waals surface area (Å²) >= 11 is 6.18. The van der Waals surface area contributed by atoms with E-state index in [0.29, 0.717) is 17.5 Å². The second kappa shape index (κ2) is 6.45. The zero-order chi connectivity index (χ0) is 15.6. The van der Waals surface area contributed by atoms with Gasteiger partial charge in [0.25, 0.3) is 0 Å². The standard InChI is InChI=1S/C15H19ClFN3O/c1-9(18-3)12-7-11(17)5-6-14(12)21-8-13-10(2)19-20(4)15(13)16/h5-7,9,18H,8H2,1-4H3. The van der Waals surface area contributed by atoms with Crippen LogP contribution in [0.4, 0.5) is 4.39 Å². The molecule has 1 atom stereocenters. The number of benzene rings is 1. The molecule has 4 nitrogen and oxygen atoms in total. The van der Waals surface area contributed by atoms with Gasteiger partial charge in [-0.3, -0.25) is 4.68 Å². The molecular formula is C15H19ClFN3O. The third-order valence-electron chi connectivity index (χ3n) is 3.51. The van der Waals surface area contributed by atoms with Gasteiger partial charge in [-0.15, -0.1) is 0 Å². The van der Waals surface area contributed by atoms with Crippen molar-refractivity contribution in [3.63, 3.8) is 0 Å². The zero-order valence-corrected chi connectivity index (χ0v) is 13.3. The van der Waals surface area contributed by atoms with Gasteiger partial charge < -0.3 is 10.1 Å². The lowest BCUT2D eigenvalue weighted by molar-refractivity contribution is 0.299. The number of ether oxygens (including phenoxy) is 1. The lowest BCUT2D eigenvalue weighted by Crippen LogP contribution is -2.14. The maximum Gasteiger partial charge on any atom is 0.133 e. The zero-order valence-electron chi connectivity index (χ0n) is 12.6. The minimum atomic E-state index is -0.282. The molecule has 0 amide bonds. The highest BCUT2D eigenvalue weighted by atomic mass is 35.5. The summed E-state index contributed by atoms with van der Waals surface area (Å²) in [6, 6.07) is 4.49. The number of nitrogens with zero attached hydrogens (tertiary/aromatic N) is 2. The highest BCUT2D eigenvalue weighted by molar-refractivity contribution is 6.30. The van der Waals surface area contributed by atoms with Gasteiger partial charge in [0.05, 0.1) is 5.69 Å². The molecule has 6 heteroatoms. The Hall–Kier alpha value is -1.59. The fourth-order valence-electron chi connectivity index (χ4n) is 2.13. The number of aryl methyl sites for hydroxylation is 2. The quantitative estimate of drug-likeness (QED) is 0.920. The van der Waals surface area contributed by atoms with E-state index in [1.807, 2.05) is 20.9 Å². The Morgan fingerprint density at radius 3 is 2.76 bits per heavy atom. The summed E-state index contributed by atoms with van der Waals surface area (Å²) in [6.07, 6.45) is 0. The molecule has 0 fully saturated rings. The molecule has 1 aromatic heterocycles. The van der Waals surface area contributed by atoms with Gasteiger partial charge in [0.2, 0.25) is 0 Å². The predicted octanol–water partition coefficient (Wildman–Crippen LogP) is 3.38. The molecule has 2 aromatic rings. The van der Waals surface area contributed by atoms with E-state index in [4.69, 9.17) is 16.3 Å². The second-order valence-corrected chi connectivity index (χ2v) is 5.32. The first-order chi connectivity index (χ1) is 9.93. The van der Waals surface area contributed by atoms with Crippen molar-refractivity contribution in [1.82, 2.24) is 15.1 Å². The van der Waals surface area contributed by atoms with Gasteiger partial charge in [0, 0.05) is 24.2 Å². The molecule has 0 saturated carbocycles. The first kappa shape index (κ1) is 15.8. The van der Waals surface area contributed by atoms with Crippen LogP contribution in [0.25, 0.3) is 0 Å². The van der Waals surface area contributed by atoms with E-state index in [2.05, 4.69) is 10.4 Å². The summed E-state index contributed by atoms with van der Waals surface area (Å²) in [5.74, 6) is 0.354. The molecule has 0 aliphatic carbocycles. The van der Waals surface area contributed by atoms with Crippen molar-refractivity contribution in [1.29, 1.82) is 0 Å². The third-order valence-corrected chi connectivity index (χ3v) is 3.99. The Morgan fingerprint density at radius 1 is 1.48 bits per heavy atom. The summed E-state index contributed by atoms with van der Waals surface area (Å²) < 4.78 is 20.9. The average Bonchev–Trinajstić information content (AvgIpc) is 2.70. The van der Waals surface area contributed by atoms with Crippen molar-refractivity contribution < 1.29 is 9.13 Å².